The van der Waals surface area contributed by atoms with Gasteiger partial charge in [0.1, 0.15) is 0 Å². The SMILES string of the molecule is C=CCCCn1cc(N)c(C(N)=O)n1. The predicted molar refractivity (Wildman–Crippen MR) is 54.6 cm³/mol. The van der Waals surface area contributed by atoms with E-state index in [1.807, 2.05) is 6.08 Å². The van der Waals surface area contributed by atoms with E-state index >= 15 is 0 Å². The fourth-order valence-corrected chi connectivity index (χ4v) is 1.14. The van der Waals surface area contributed by atoms with Gasteiger partial charge in [-0.25, -0.2) is 0 Å². The lowest BCUT2D eigenvalue weighted by molar-refractivity contribution is 0.0995. The van der Waals surface area contributed by atoms with Crippen molar-refractivity contribution in [2.45, 2.75) is 19.4 Å². The highest BCUT2D eigenvalue weighted by atomic mass is 16.1. The molecule has 0 aliphatic heterocycles. The molecule has 76 valence electrons. The number of aromatic nitrogens is 2. The molecule has 0 bridgehead atoms. The Labute approximate surface area is 82.4 Å². The van der Waals surface area contributed by atoms with Crippen molar-refractivity contribution in [1.29, 1.82) is 0 Å². The lowest BCUT2D eigenvalue weighted by atomic mass is 10.3. The molecule has 0 aliphatic rings. The molecular formula is C9H14N4O. The van der Waals surface area contributed by atoms with E-state index in [1.165, 1.54) is 0 Å². The molecule has 0 saturated carbocycles. The largest absolute Gasteiger partial charge is 0.396 e. The third-order valence-electron chi connectivity index (χ3n) is 1.82. The van der Waals surface area contributed by atoms with Gasteiger partial charge >= 0.3 is 0 Å². The Morgan fingerprint density at radius 1 is 1.71 bits per heavy atom. The summed E-state index contributed by atoms with van der Waals surface area (Å²) < 4.78 is 1.62. The number of unbranched alkanes of at least 4 members (excludes halogenated alkanes) is 1. The molecule has 5 nitrogen and oxygen atoms in total. The molecule has 0 saturated heterocycles. The maximum atomic E-state index is 10.8. The summed E-state index contributed by atoms with van der Waals surface area (Å²) in [5, 5.41) is 3.96. The van der Waals surface area contributed by atoms with Gasteiger partial charge in [0.25, 0.3) is 5.91 Å². The molecule has 5 heteroatoms. The van der Waals surface area contributed by atoms with Crippen LogP contribution in [-0.2, 0) is 6.54 Å². The van der Waals surface area contributed by atoms with E-state index in [1.54, 1.807) is 10.9 Å². The molecular weight excluding hydrogens is 180 g/mol. The number of nitrogens with two attached hydrogens (primary N) is 2. The first-order valence-electron chi connectivity index (χ1n) is 4.38. The highest BCUT2D eigenvalue weighted by Crippen LogP contribution is 2.08. The Kier molecular flexibility index (Phi) is 3.28. The Hall–Kier alpha value is -1.78. The second-order valence-electron chi connectivity index (χ2n) is 2.99. The van der Waals surface area contributed by atoms with Crippen LogP contribution >= 0.6 is 0 Å². The summed E-state index contributed by atoms with van der Waals surface area (Å²) in [5.41, 5.74) is 11.1. The summed E-state index contributed by atoms with van der Waals surface area (Å²) in [6.07, 6.45) is 5.28. The van der Waals surface area contributed by atoms with Crippen molar-refractivity contribution in [2.75, 3.05) is 5.73 Å². The number of nitrogen functional groups attached to an aromatic ring is 1. The second-order valence-corrected chi connectivity index (χ2v) is 2.99. The lowest BCUT2D eigenvalue weighted by Gasteiger charge is -1.97. The number of hydrogen-bond donors (Lipinski definition) is 2. The average Bonchev–Trinajstić information content (AvgIpc) is 2.47. The number of carbonyl (C=O) groups excluding carboxylic acids is 1. The Balaban J connectivity index is 2.66. The quantitative estimate of drug-likeness (QED) is 0.529. The highest BCUT2D eigenvalue weighted by molar-refractivity contribution is 5.95. The molecule has 1 aromatic rings. The Bertz CT molecular complexity index is 343. The van der Waals surface area contributed by atoms with Gasteiger partial charge in [0.15, 0.2) is 5.69 Å². The van der Waals surface area contributed by atoms with E-state index in [4.69, 9.17) is 11.5 Å². The van der Waals surface area contributed by atoms with Crippen LogP contribution in [0.3, 0.4) is 0 Å². The van der Waals surface area contributed by atoms with Crippen LogP contribution in [0.4, 0.5) is 5.69 Å². The monoisotopic (exact) mass is 194 g/mol. The summed E-state index contributed by atoms with van der Waals surface area (Å²) in [7, 11) is 0. The average molecular weight is 194 g/mol. The minimum Gasteiger partial charge on any atom is -0.396 e. The van der Waals surface area contributed by atoms with Crippen LogP contribution in [0.5, 0.6) is 0 Å². The second kappa shape index (κ2) is 4.45. The topological polar surface area (TPSA) is 86.9 Å². The molecule has 1 heterocycles. The van der Waals surface area contributed by atoms with Crippen molar-refractivity contribution in [3.63, 3.8) is 0 Å². The van der Waals surface area contributed by atoms with Gasteiger partial charge < -0.3 is 11.5 Å². The van der Waals surface area contributed by atoms with Crippen molar-refractivity contribution in [1.82, 2.24) is 9.78 Å². The normalized spacial score (nSPS) is 10.0. The number of hydrogen-bond acceptors (Lipinski definition) is 3. The van der Waals surface area contributed by atoms with Gasteiger partial charge in [-0.15, -0.1) is 6.58 Å². The van der Waals surface area contributed by atoms with Crippen molar-refractivity contribution in [2.24, 2.45) is 5.73 Å². The molecule has 0 atom stereocenters. The first-order valence-corrected chi connectivity index (χ1v) is 4.38. The number of carbonyl (C=O) groups is 1. The summed E-state index contributed by atoms with van der Waals surface area (Å²) in [4.78, 5) is 10.8. The molecule has 0 unspecified atom stereocenters. The van der Waals surface area contributed by atoms with Crippen LogP contribution in [-0.4, -0.2) is 15.7 Å². The maximum absolute atomic E-state index is 10.8. The van der Waals surface area contributed by atoms with Crippen molar-refractivity contribution < 1.29 is 4.79 Å². The molecule has 14 heavy (non-hydrogen) atoms. The van der Waals surface area contributed by atoms with Gasteiger partial charge in [0, 0.05) is 12.7 Å². The van der Waals surface area contributed by atoms with E-state index in [-0.39, 0.29) is 5.69 Å². The third kappa shape index (κ3) is 2.35. The smallest absolute Gasteiger partial charge is 0.271 e. The first-order chi connectivity index (χ1) is 6.65. The fraction of sp³-hybridized carbons (Fsp3) is 0.333. The molecule has 1 amide bonds. The molecule has 0 aromatic carbocycles. The zero-order valence-corrected chi connectivity index (χ0v) is 7.94. The van der Waals surface area contributed by atoms with E-state index in [0.717, 1.165) is 12.8 Å². The van der Waals surface area contributed by atoms with Crippen LogP contribution in [0.15, 0.2) is 18.9 Å². The number of aryl methyl sites for hydroxylation is 1. The number of allylic oxidation sites excluding steroid dienone is 1. The van der Waals surface area contributed by atoms with Gasteiger partial charge in [-0.1, -0.05) is 6.08 Å². The molecule has 0 aliphatic carbocycles. The van der Waals surface area contributed by atoms with Crippen LogP contribution in [0.25, 0.3) is 0 Å². The summed E-state index contributed by atoms with van der Waals surface area (Å²) in [6.45, 7) is 4.33. The zero-order valence-electron chi connectivity index (χ0n) is 7.94. The molecule has 4 N–H and O–H groups in total. The Morgan fingerprint density at radius 3 is 2.93 bits per heavy atom. The van der Waals surface area contributed by atoms with Gasteiger partial charge in [-0.3, -0.25) is 9.48 Å². The zero-order chi connectivity index (χ0) is 10.6. The first kappa shape index (κ1) is 10.3. The molecule has 1 aromatic heterocycles. The van der Waals surface area contributed by atoms with E-state index in [2.05, 4.69) is 11.7 Å². The minimum absolute atomic E-state index is 0.142. The van der Waals surface area contributed by atoms with Crippen molar-refractivity contribution in [3.05, 3.63) is 24.5 Å². The van der Waals surface area contributed by atoms with E-state index < -0.39 is 5.91 Å². The number of nitrogens with zero attached hydrogens (tertiary/aromatic N) is 2. The number of anilines is 1. The summed E-state index contributed by atoms with van der Waals surface area (Å²) in [5.74, 6) is -0.593. The van der Waals surface area contributed by atoms with Gasteiger partial charge in [-0.05, 0) is 12.8 Å². The minimum atomic E-state index is -0.593. The van der Waals surface area contributed by atoms with Gasteiger partial charge in [0.05, 0.1) is 5.69 Å². The van der Waals surface area contributed by atoms with Crippen LogP contribution in [0.2, 0.25) is 0 Å². The highest BCUT2D eigenvalue weighted by Gasteiger charge is 2.10. The van der Waals surface area contributed by atoms with Gasteiger partial charge in [0.2, 0.25) is 0 Å². The van der Waals surface area contributed by atoms with Crippen LogP contribution in [0.1, 0.15) is 23.3 Å². The fourth-order valence-electron chi connectivity index (χ4n) is 1.14. The van der Waals surface area contributed by atoms with Crippen LogP contribution in [0, 0.1) is 0 Å². The van der Waals surface area contributed by atoms with E-state index in [0.29, 0.717) is 12.2 Å². The Morgan fingerprint density at radius 2 is 2.43 bits per heavy atom. The summed E-state index contributed by atoms with van der Waals surface area (Å²) >= 11 is 0. The third-order valence-corrected chi connectivity index (χ3v) is 1.82. The lowest BCUT2D eigenvalue weighted by Crippen LogP contribution is -2.14. The van der Waals surface area contributed by atoms with E-state index in [9.17, 15) is 4.79 Å². The number of rotatable bonds is 5. The molecule has 0 radical (unpaired) electrons. The maximum Gasteiger partial charge on any atom is 0.271 e. The number of amides is 1. The van der Waals surface area contributed by atoms with Crippen LogP contribution < -0.4 is 11.5 Å². The molecule has 1 rings (SSSR count). The molecule has 0 fully saturated rings. The van der Waals surface area contributed by atoms with Gasteiger partial charge in [-0.2, -0.15) is 5.10 Å². The van der Waals surface area contributed by atoms with Crippen molar-refractivity contribution in [3.8, 4) is 0 Å². The summed E-state index contributed by atoms with van der Waals surface area (Å²) in [6, 6.07) is 0. The molecule has 0 spiro atoms. The van der Waals surface area contributed by atoms with Crippen molar-refractivity contribution >= 4 is 11.6 Å². The standard InChI is InChI=1S/C9H14N4O/c1-2-3-4-5-13-6-7(10)8(12-13)9(11)14/h2,6H,1,3-5,10H2,(H2,11,14). The predicted octanol–water partition coefficient (Wildman–Crippen LogP) is 0.530. The number of primary amides is 1.